The molecule has 0 aromatic heterocycles. The largest absolute Gasteiger partial charge is 0.382 e. The second-order valence-corrected chi connectivity index (χ2v) is 7.97. The fraction of sp³-hybridized carbons (Fsp3) is 0.417. The zero-order valence-electron chi connectivity index (χ0n) is 16.3. The number of nitrogens with zero attached hydrogens (tertiary/aromatic N) is 1. The summed E-state index contributed by atoms with van der Waals surface area (Å²) >= 11 is 0. The quantitative estimate of drug-likeness (QED) is 0.755. The number of hydrogen-bond donors (Lipinski definition) is 1. The van der Waals surface area contributed by atoms with Crippen LogP contribution in [0.4, 0.5) is 5.69 Å². The number of benzene rings is 2. The van der Waals surface area contributed by atoms with Crippen molar-refractivity contribution in [3.05, 3.63) is 65.2 Å². The molecule has 4 nitrogen and oxygen atoms in total. The molecule has 0 atom stereocenters. The third kappa shape index (κ3) is 4.27. The molecule has 1 amide bonds. The number of likely N-dealkylation sites (tertiary alicyclic amines) is 1. The average Bonchev–Trinajstić information content (AvgIpc) is 3.27. The molecule has 0 spiro atoms. The molecule has 1 saturated heterocycles. The van der Waals surface area contributed by atoms with E-state index in [9.17, 15) is 9.59 Å². The van der Waals surface area contributed by atoms with Gasteiger partial charge in [-0.25, -0.2) is 0 Å². The van der Waals surface area contributed by atoms with E-state index < -0.39 is 0 Å². The van der Waals surface area contributed by atoms with Crippen LogP contribution in [0.1, 0.15) is 71.2 Å². The summed E-state index contributed by atoms with van der Waals surface area (Å²) in [6.45, 7) is 1.62. The number of rotatable bonds is 5. The van der Waals surface area contributed by atoms with E-state index in [1.807, 2.05) is 35.2 Å². The average molecular weight is 377 g/mol. The molecule has 4 heteroatoms. The van der Waals surface area contributed by atoms with Crippen LogP contribution in [0, 0.1) is 0 Å². The van der Waals surface area contributed by atoms with Crippen molar-refractivity contribution in [2.24, 2.45) is 0 Å². The van der Waals surface area contributed by atoms with Crippen molar-refractivity contribution >= 4 is 17.4 Å². The SMILES string of the molecule is O=C(c1ccc(NC2CCCC2)cc1)c1cccc(C(=O)N2CCCCC2)c1. The van der Waals surface area contributed by atoms with Gasteiger partial charge in [0.1, 0.15) is 0 Å². The Morgan fingerprint density at radius 1 is 0.786 bits per heavy atom. The zero-order chi connectivity index (χ0) is 19.3. The van der Waals surface area contributed by atoms with Crippen molar-refractivity contribution in [3.63, 3.8) is 0 Å². The van der Waals surface area contributed by atoms with Gasteiger partial charge in [0.25, 0.3) is 5.91 Å². The maximum atomic E-state index is 12.9. The van der Waals surface area contributed by atoms with Crippen LogP contribution in [0.2, 0.25) is 0 Å². The van der Waals surface area contributed by atoms with Crippen molar-refractivity contribution in [3.8, 4) is 0 Å². The number of carbonyl (C=O) groups is 2. The Morgan fingerprint density at radius 3 is 2.18 bits per heavy atom. The van der Waals surface area contributed by atoms with Crippen molar-refractivity contribution in [2.45, 2.75) is 51.0 Å². The van der Waals surface area contributed by atoms with Crippen LogP contribution < -0.4 is 5.32 Å². The van der Waals surface area contributed by atoms with E-state index in [4.69, 9.17) is 0 Å². The molecule has 2 aliphatic rings. The Kier molecular flexibility index (Phi) is 5.75. The highest BCUT2D eigenvalue weighted by Crippen LogP contribution is 2.23. The first-order valence-corrected chi connectivity index (χ1v) is 10.5. The van der Waals surface area contributed by atoms with Crippen LogP contribution in [-0.4, -0.2) is 35.7 Å². The van der Waals surface area contributed by atoms with E-state index in [1.54, 1.807) is 18.2 Å². The van der Waals surface area contributed by atoms with Crippen LogP contribution in [0.15, 0.2) is 48.5 Å². The molecule has 1 heterocycles. The van der Waals surface area contributed by atoms with Gasteiger partial charge in [0.15, 0.2) is 5.78 Å². The molecule has 28 heavy (non-hydrogen) atoms. The minimum Gasteiger partial charge on any atom is -0.382 e. The van der Waals surface area contributed by atoms with Gasteiger partial charge in [0, 0.05) is 41.5 Å². The summed E-state index contributed by atoms with van der Waals surface area (Å²) in [7, 11) is 0. The summed E-state index contributed by atoms with van der Waals surface area (Å²) < 4.78 is 0. The zero-order valence-corrected chi connectivity index (χ0v) is 16.3. The predicted octanol–water partition coefficient (Wildman–Crippen LogP) is 4.90. The summed E-state index contributed by atoms with van der Waals surface area (Å²) in [5.74, 6) is -0.00817. The van der Waals surface area contributed by atoms with E-state index >= 15 is 0 Å². The fourth-order valence-electron chi connectivity index (χ4n) is 4.26. The van der Waals surface area contributed by atoms with Gasteiger partial charge < -0.3 is 10.2 Å². The second kappa shape index (κ2) is 8.59. The summed E-state index contributed by atoms with van der Waals surface area (Å²) in [5, 5.41) is 3.55. The lowest BCUT2D eigenvalue weighted by atomic mass is 10.00. The molecule has 2 aromatic rings. The number of anilines is 1. The maximum Gasteiger partial charge on any atom is 0.253 e. The lowest BCUT2D eigenvalue weighted by Gasteiger charge is -2.26. The molecular weight excluding hydrogens is 348 g/mol. The first kappa shape index (κ1) is 18.7. The number of hydrogen-bond acceptors (Lipinski definition) is 3. The predicted molar refractivity (Wildman–Crippen MR) is 112 cm³/mol. The molecule has 1 aliphatic heterocycles. The monoisotopic (exact) mass is 376 g/mol. The van der Waals surface area contributed by atoms with Gasteiger partial charge in [0.2, 0.25) is 0 Å². The van der Waals surface area contributed by atoms with Crippen molar-refractivity contribution < 1.29 is 9.59 Å². The van der Waals surface area contributed by atoms with E-state index in [-0.39, 0.29) is 11.7 Å². The third-order valence-corrected chi connectivity index (χ3v) is 5.89. The van der Waals surface area contributed by atoms with Crippen molar-refractivity contribution in [1.29, 1.82) is 0 Å². The van der Waals surface area contributed by atoms with Crippen molar-refractivity contribution in [2.75, 3.05) is 18.4 Å². The molecular formula is C24H28N2O2. The van der Waals surface area contributed by atoms with E-state index in [0.717, 1.165) is 31.6 Å². The lowest BCUT2D eigenvalue weighted by molar-refractivity contribution is 0.0724. The third-order valence-electron chi connectivity index (χ3n) is 5.89. The van der Waals surface area contributed by atoms with Gasteiger partial charge in [-0.3, -0.25) is 9.59 Å². The normalized spacial score (nSPS) is 17.5. The maximum absolute atomic E-state index is 12.9. The van der Waals surface area contributed by atoms with Gasteiger partial charge in [-0.15, -0.1) is 0 Å². The van der Waals surface area contributed by atoms with E-state index in [1.165, 1.54) is 32.1 Å². The Bertz CT molecular complexity index is 832. The summed E-state index contributed by atoms with van der Waals surface area (Å²) in [4.78, 5) is 27.5. The number of nitrogens with one attached hydrogen (secondary N) is 1. The van der Waals surface area contributed by atoms with Gasteiger partial charge in [-0.1, -0.05) is 25.0 Å². The van der Waals surface area contributed by atoms with E-state index in [0.29, 0.717) is 22.7 Å². The number of ketones is 1. The topological polar surface area (TPSA) is 49.4 Å². The number of amides is 1. The molecule has 2 aromatic carbocycles. The number of carbonyl (C=O) groups excluding carboxylic acids is 2. The van der Waals surface area contributed by atoms with Gasteiger partial charge in [-0.2, -0.15) is 0 Å². The van der Waals surface area contributed by atoms with Crippen LogP contribution in [-0.2, 0) is 0 Å². The molecule has 0 bridgehead atoms. The highest BCUT2D eigenvalue weighted by atomic mass is 16.2. The highest BCUT2D eigenvalue weighted by molar-refractivity contribution is 6.10. The minimum atomic E-state index is -0.0410. The summed E-state index contributed by atoms with van der Waals surface area (Å²) in [6, 6.07) is 15.4. The minimum absolute atomic E-state index is 0.0328. The molecule has 1 aliphatic carbocycles. The van der Waals surface area contributed by atoms with Crippen LogP contribution in [0.3, 0.4) is 0 Å². The highest BCUT2D eigenvalue weighted by Gasteiger charge is 2.20. The van der Waals surface area contributed by atoms with Gasteiger partial charge in [-0.05, 0) is 68.5 Å². The lowest BCUT2D eigenvalue weighted by Crippen LogP contribution is -2.35. The molecule has 146 valence electrons. The van der Waals surface area contributed by atoms with Crippen LogP contribution in [0.25, 0.3) is 0 Å². The molecule has 4 rings (SSSR count). The standard InChI is InChI=1S/C24H28N2O2/c27-23(18-11-13-22(14-12-18)25-21-9-2-3-10-21)19-7-6-8-20(17-19)24(28)26-15-4-1-5-16-26/h6-8,11-14,17,21,25H,1-5,9-10,15-16H2. The van der Waals surface area contributed by atoms with Crippen LogP contribution in [0.5, 0.6) is 0 Å². The van der Waals surface area contributed by atoms with Gasteiger partial charge >= 0.3 is 0 Å². The molecule has 2 fully saturated rings. The Balaban J connectivity index is 1.46. The summed E-state index contributed by atoms with van der Waals surface area (Å²) in [6.07, 6.45) is 8.34. The Morgan fingerprint density at radius 2 is 1.46 bits per heavy atom. The molecule has 1 N–H and O–H groups in total. The molecule has 0 radical (unpaired) electrons. The smallest absolute Gasteiger partial charge is 0.253 e. The fourth-order valence-corrected chi connectivity index (χ4v) is 4.26. The second-order valence-electron chi connectivity index (χ2n) is 7.97. The summed E-state index contributed by atoms with van der Waals surface area (Å²) in [5.41, 5.74) is 2.89. The van der Waals surface area contributed by atoms with Gasteiger partial charge in [0.05, 0.1) is 0 Å². The van der Waals surface area contributed by atoms with E-state index in [2.05, 4.69) is 5.32 Å². The Hall–Kier alpha value is -2.62. The molecule has 1 saturated carbocycles. The molecule has 0 unspecified atom stereocenters. The number of piperidine rings is 1. The van der Waals surface area contributed by atoms with Crippen LogP contribution >= 0.6 is 0 Å². The first-order chi connectivity index (χ1) is 13.7. The first-order valence-electron chi connectivity index (χ1n) is 10.5. The Labute approximate surface area is 166 Å². The van der Waals surface area contributed by atoms with Crippen molar-refractivity contribution in [1.82, 2.24) is 4.90 Å².